The van der Waals surface area contributed by atoms with Gasteiger partial charge in [-0.15, -0.1) is 65.2 Å². The van der Waals surface area contributed by atoms with Crippen LogP contribution < -0.4 is 4.74 Å². The summed E-state index contributed by atoms with van der Waals surface area (Å²) in [5.74, 6) is 0.731. The Morgan fingerprint density at radius 1 is 0.689 bits per heavy atom. The minimum Gasteiger partial charge on any atom is -0.516 e. The Labute approximate surface area is 275 Å². The van der Waals surface area contributed by atoms with Crippen LogP contribution in [0.3, 0.4) is 0 Å². The van der Waals surface area contributed by atoms with Crippen LogP contribution in [-0.2, 0) is 29.9 Å². The second-order valence-corrected chi connectivity index (χ2v) is 12.3. The summed E-state index contributed by atoms with van der Waals surface area (Å²) in [6.45, 7) is 2.05. The normalized spacial score (nSPS) is 12.4. The van der Waals surface area contributed by atoms with Crippen LogP contribution in [0.2, 0.25) is 0 Å². The molecule has 2 aromatic heterocycles. The maximum Gasteiger partial charge on any atom is 0.208 e. The third-order valence-electron chi connectivity index (χ3n) is 7.80. The SMILES string of the molecule is COc1cc[c-]c(-c2nccc3c2ccc2c4c(ccc23)-c2ccccc2S4(=O)=O)c1.Cc1c[c-]c(-c2ccccn2)cc1.[Ir]. The first-order valence-corrected chi connectivity index (χ1v) is 15.6. The Balaban J connectivity index is 0.000000215. The second-order valence-electron chi connectivity index (χ2n) is 10.5. The fourth-order valence-electron chi connectivity index (χ4n) is 5.69. The van der Waals surface area contributed by atoms with E-state index in [0.29, 0.717) is 9.79 Å². The number of rotatable bonds is 3. The van der Waals surface area contributed by atoms with E-state index in [-0.39, 0.29) is 20.1 Å². The number of ether oxygens (including phenoxy) is 1. The number of nitrogens with zero attached hydrogens (tertiary/aromatic N) is 2. The van der Waals surface area contributed by atoms with Crippen LogP contribution in [0.15, 0.2) is 131 Å². The molecule has 0 aliphatic carbocycles. The zero-order chi connectivity index (χ0) is 30.3. The Morgan fingerprint density at radius 2 is 1.47 bits per heavy atom. The molecule has 1 radical (unpaired) electrons. The molecule has 8 rings (SSSR count). The van der Waals surface area contributed by atoms with Gasteiger partial charge in [-0.1, -0.05) is 61.5 Å². The van der Waals surface area contributed by atoms with E-state index in [0.717, 1.165) is 60.9 Å². The molecule has 45 heavy (non-hydrogen) atoms. The number of fused-ring (bicyclic) bond motifs is 7. The Hall–Kier alpha value is -4.68. The molecule has 0 spiro atoms. The van der Waals surface area contributed by atoms with E-state index in [9.17, 15) is 8.42 Å². The Morgan fingerprint density at radius 3 is 2.24 bits per heavy atom. The first kappa shape index (κ1) is 30.4. The molecule has 223 valence electrons. The molecule has 1 aliphatic heterocycles. The predicted molar refractivity (Wildman–Crippen MR) is 174 cm³/mol. The second kappa shape index (κ2) is 12.4. The Bertz CT molecular complexity index is 2290. The van der Waals surface area contributed by atoms with Gasteiger partial charge in [-0.05, 0) is 45.7 Å². The van der Waals surface area contributed by atoms with E-state index in [1.165, 1.54) is 5.56 Å². The minimum atomic E-state index is -3.57. The summed E-state index contributed by atoms with van der Waals surface area (Å²) in [5, 5.41) is 3.51. The summed E-state index contributed by atoms with van der Waals surface area (Å²) in [6, 6.07) is 40.8. The monoisotopic (exact) mass is 783 g/mol. The number of benzene rings is 5. The first-order chi connectivity index (χ1) is 21.5. The van der Waals surface area contributed by atoms with Gasteiger partial charge in [-0.2, -0.15) is 0 Å². The summed E-state index contributed by atoms with van der Waals surface area (Å²) >= 11 is 0. The van der Waals surface area contributed by atoms with Crippen molar-refractivity contribution in [3.05, 3.63) is 139 Å². The van der Waals surface area contributed by atoms with Crippen LogP contribution in [0.1, 0.15) is 5.56 Å². The average molecular weight is 783 g/mol. The fraction of sp³-hybridized carbons (Fsp3) is 0.0526. The van der Waals surface area contributed by atoms with Gasteiger partial charge in [-0.25, -0.2) is 8.42 Å². The first-order valence-electron chi connectivity index (χ1n) is 14.1. The van der Waals surface area contributed by atoms with E-state index in [1.54, 1.807) is 31.6 Å². The molecule has 0 N–H and O–H groups in total. The topological polar surface area (TPSA) is 69.2 Å². The van der Waals surface area contributed by atoms with Gasteiger partial charge in [0.2, 0.25) is 9.84 Å². The molecule has 0 fully saturated rings. The zero-order valence-electron chi connectivity index (χ0n) is 24.4. The molecule has 7 aromatic rings. The maximum atomic E-state index is 13.4. The molecule has 3 heterocycles. The van der Waals surface area contributed by atoms with Crippen LogP contribution in [0.4, 0.5) is 0 Å². The molecule has 7 heteroatoms. The van der Waals surface area contributed by atoms with Crippen LogP contribution in [0.5, 0.6) is 5.75 Å². The fourth-order valence-corrected chi connectivity index (χ4v) is 7.57. The van der Waals surface area contributed by atoms with Crippen molar-refractivity contribution >= 4 is 31.4 Å². The van der Waals surface area contributed by atoms with Crippen molar-refractivity contribution in [1.29, 1.82) is 0 Å². The number of pyridine rings is 2. The van der Waals surface area contributed by atoms with Gasteiger partial charge in [0.25, 0.3) is 0 Å². The molecule has 5 nitrogen and oxygen atoms in total. The molecule has 0 saturated carbocycles. The number of hydrogen-bond donors (Lipinski definition) is 0. The van der Waals surface area contributed by atoms with E-state index in [2.05, 4.69) is 35.1 Å². The van der Waals surface area contributed by atoms with Crippen molar-refractivity contribution in [2.75, 3.05) is 7.11 Å². The van der Waals surface area contributed by atoms with Crippen LogP contribution in [0, 0.1) is 19.1 Å². The smallest absolute Gasteiger partial charge is 0.208 e. The van der Waals surface area contributed by atoms with Crippen molar-refractivity contribution in [3.63, 3.8) is 0 Å². The van der Waals surface area contributed by atoms with E-state index in [4.69, 9.17) is 4.74 Å². The summed E-state index contributed by atoms with van der Waals surface area (Å²) in [6.07, 6.45) is 3.55. The van der Waals surface area contributed by atoms with E-state index < -0.39 is 9.84 Å². The van der Waals surface area contributed by atoms with Gasteiger partial charge < -0.3 is 14.7 Å². The van der Waals surface area contributed by atoms with E-state index >= 15 is 0 Å². The van der Waals surface area contributed by atoms with Crippen LogP contribution in [0.25, 0.3) is 55.2 Å². The summed E-state index contributed by atoms with van der Waals surface area (Å²) < 4.78 is 32.1. The molecular weight excluding hydrogens is 757 g/mol. The van der Waals surface area contributed by atoms with Crippen molar-refractivity contribution in [2.24, 2.45) is 0 Å². The van der Waals surface area contributed by atoms with Crippen molar-refractivity contribution in [3.8, 4) is 39.4 Å². The number of aryl methyl sites for hydroxylation is 1. The van der Waals surface area contributed by atoms with Gasteiger partial charge in [0.1, 0.15) is 0 Å². The van der Waals surface area contributed by atoms with E-state index in [1.807, 2.05) is 91.0 Å². The summed E-state index contributed by atoms with van der Waals surface area (Å²) in [4.78, 5) is 9.60. The van der Waals surface area contributed by atoms with Gasteiger partial charge >= 0.3 is 0 Å². The van der Waals surface area contributed by atoms with Crippen molar-refractivity contribution in [2.45, 2.75) is 16.7 Å². The number of aromatic nitrogens is 2. The molecule has 1 aliphatic rings. The van der Waals surface area contributed by atoms with Gasteiger partial charge in [0.05, 0.1) is 16.9 Å². The summed E-state index contributed by atoms with van der Waals surface area (Å²) in [7, 11) is -1.94. The molecular formula is C38H26IrN2O3S-2. The predicted octanol–water partition coefficient (Wildman–Crippen LogP) is 8.53. The molecule has 0 saturated heterocycles. The molecule has 0 unspecified atom stereocenters. The quantitative estimate of drug-likeness (QED) is 0.133. The van der Waals surface area contributed by atoms with Crippen molar-refractivity contribution < 1.29 is 33.3 Å². The molecule has 0 bridgehead atoms. The molecule has 0 amide bonds. The third kappa shape index (κ3) is 5.44. The standard InChI is InChI=1S/C26H16NO3S.C12H10N.Ir/c1-30-17-6-4-5-16(15-17)25-21-10-12-22-18(19(21)13-14-27-25)9-11-23-20-7-2-3-8-24(20)31(28,29)26(22)23;1-10-5-7-11(8-6-10)12-4-2-3-9-13-12;/h2-4,6-15H,1H3;2-7,9H,1H3;/q2*-1;. The molecule has 5 aromatic carbocycles. The van der Waals surface area contributed by atoms with Crippen LogP contribution >= 0.6 is 0 Å². The van der Waals surface area contributed by atoms with Gasteiger partial charge in [0.15, 0.2) is 0 Å². The number of sulfone groups is 1. The molecule has 0 atom stereocenters. The average Bonchev–Trinajstić information content (AvgIpc) is 3.32. The van der Waals surface area contributed by atoms with Crippen LogP contribution in [-0.4, -0.2) is 25.5 Å². The third-order valence-corrected chi connectivity index (χ3v) is 9.71. The number of methoxy groups -OCH3 is 1. The zero-order valence-corrected chi connectivity index (χ0v) is 27.6. The van der Waals surface area contributed by atoms with Gasteiger partial charge in [0, 0.05) is 54.8 Å². The summed E-state index contributed by atoms with van der Waals surface area (Å²) in [5.41, 5.74) is 6.38. The minimum absolute atomic E-state index is 0. The maximum absolute atomic E-state index is 13.4. The van der Waals surface area contributed by atoms with Crippen molar-refractivity contribution in [1.82, 2.24) is 9.97 Å². The number of hydrogen-bond acceptors (Lipinski definition) is 5. The van der Waals surface area contributed by atoms with Gasteiger partial charge in [-0.3, -0.25) is 0 Å². The largest absolute Gasteiger partial charge is 0.516 e. The Kier molecular flexibility index (Phi) is 8.34.